The van der Waals surface area contributed by atoms with Crippen LogP contribution in [0.15, 0.2) is 45.6 Å². The molecule has 1 fully saturated rings. The summed E-state index contributed by atoms with van der Waals surface area (Å²) in [5, 5.41) is 3.90. The van der Waals surface area contributed by atoms with Gasteiger partial charge in [-0.3, -0.25) is 14.5 Å². The summed E-state index contributed by atoms with van der Waals surface area (Å²) in [7, 11) is 0. The third-order valence-corrected chi connectivity index (χ3v) is 6.29. The lowest BCUT2D eigenvalue weighted by Gasteiger charge is -2.32. The number of carbonyl (C=O) groups excluding carboxylic acids is 1. The first kappa shape index (κ1) is 20.8. The van der Waals surface area contributed by atoms with E-state index in [4.69, 9.17) is 25.5 Å². The highest BCUT2D eigenvalue weighted by molar-refractivity contribution is 6.31. The number of amides is 1. The van der Waals surface area contributed by atoms with Crippen molar-refractivity contribution >= 4 is 28.5 Å². The van der Waals surface area contributed by atoms with Crippen molar-refractivity contribution in [3.05, 3.63) is 68.5 Å². The fraction of sp³-hybridized carbons (Fsp3) is 0.333. The minimum atomic E-state index is -0.365. The maximum Gasteiger partial charge on any atom is 0.287 e. The van der Waals surface area contributed by atoms with Crippen molar-refractivity contribution in [2.24, 2.45) is 0 Å². The van der Waals surface area contributed by atoms with E-state index in [9.17, 15) is 9.59 Å². The molecule has 2 aromatic carbocycles. The molecule has 1 amide bonds. The Balaban J connectivity index is 1.22. The number of hydrogen-bond acceptors (Lipinski definition) is 6. The van der Waals surface area contributed by atoms with Crippen molar-refractivity contribution in [2.45, 2.75) is 32.4 Å². The zero-order valence-corrected chi connectivity index (χ0v) is 18.4. The van der Waals surface area contributed by atoms with Gasteiger partial charge >= 0.3 is 0 Å². The summed E-state index contributed by atoms with van der Waals surface area (Å²) in [6, 6.07) is 10.9. The van der Waals surface area contributed by atoms with Gasteiger partial charge in [0.15, 0.2) is 22.7 Å². The molecule has 2 aliphatic rings. The summed E-state index contributed by atoms with van der Waals surface area (Å²) >= 11 is 6.02. The van der Waals surface area contributed by atoms with E-state index in [0.717, 1.165) is 44.0 Å². The molecule has 1 saturated heterocycles. The molecule has 32 heavy (non-hydrogen) atoms. The summed E-state index contributed by atoms with van der Waals surface area (Å²) in [4.78, 5) is 27.9. The maximum absolute atomic E-state index is 12.9. The third kappa shape index (κ3) is 4.06. The fourth-order valence-corrected chi connectivity index (χ4v) is 4.42. The largest absolute Gasteiger partial charge is 0.454 e. The first-order chi connectivity index (χ1) is 15.5. The fourth-order valence-electron chi connectivity index (χ4n) is 4.26. The molecule has 0 atom stereocenters. The number of carbonyl (C=O) groups is 1. The number of halogens is 1. The zero-order valence-electron chi connectivity index (χ0n) is 17.7. The van der Waals surface area contributed by atoms with Gasteiger partial charge in [0.1, 0.15) is 5.58 Å². The number of piperidine rings is 1. The molecule has 1 N–H and O–H groups in total. The quantitative estimate of drug-likeness (QED) is 0.644. The first-order valence-electron chi connectivity index (χ1n) is 10.6. The smallest absolute Gasteiger partial charge is 0.287 e. The van der Waals surface area contributed by atoms with Crippen molar-refractivity contribution in [1.29, 1.82) is 0 Å². The molecule has 1 aromatic heterocycles. The van der Waals surface area contributed by atoms with Gasteiger partial charge in [0.25, 0.3) is 5.91 Å². The number of likely N-dealkylation sites (tertiary alicyclic amines) is 1. The second-order valence-corrected chi connectivity index (χ2v) is 8.67. The van der Waals surface area contributed by atoms with Crippen LogP contribution in [0.1, 0.15) is 34.5 Å². The number of nitrogens with one attached hydrogen (secondary N) is 1. The molecule has 3 aromatic rings. The van der Waals surface area contributed by atoms with Crippen LogP contribution < -0.4 is 20.2 Å². The van der Waals surface area contributed by atoms with Crippen molar-refractivity contribution < 1.29 is 18.7 Å². The summed E-state index contributed by atoms with van der Waals surface area (Å²) < 4.78 is 16.6. The lowest BCUT2D eigenvalue weighted by molar-refractivity contribution is 0.0880. The molecule has 5 rings (SSSR count). The third-order valence-electron chi connectivity index (χ3n) is 6.05. The molecule has 0 aliphatic carbocycles. The summed E-state index contributed by atoms with van der Waals surface area (Å²) in [6.45, 7) is 4.42. The summed E-state index contributed by atoms with van der Waals surface area (Å²) in [5.41, 5.74) is 1.57. The van der Waals surface area contributed by atoms with Crippen molar-refractivity contribution in [3.8, 4) is 11.5 Å². The molecule has 0 unspecified atom stereocenters. The van der Waals surface area contributed by atoms with Crippen LogP contribution in [0.3, 0.4) is 0 Å². The van der Waals surface area contributed by atoms with Crippen molar-refractivity contribution in [3.63, 3.8) is 0 Å². The number of fused-ring (bicyclic) bond motifs is 2. The Hall–Kier alpha value is -3.03. The van der Waals surface area contributed by atoms with Crippen LogP contribution in [0.2, 0.25) is 5.02 Å². The Morgan fingerprint density at radius 2 is 1.91 bits per heavy atom. The highest BCUT2D eigenvalue weighted by Crippen LogP contribution is 2.33. The Morgan fingerprint density at radius 3 is 2.72 bits per heavy atom. The topological polar surface area (TPSA) is 81.0 Å². The van der Waals surface area contributed by atoms with Crippen LogP contribution in [0.5, 0.6) is 11.5 Å². The number of ether oxygens (including phenoxy) is 2. The Labute approximate surface area is 189 Å². The lowest BCUT2D eigenvalue weighted by atomic mass is 10.0. The van der Waals surface area contributed by atoms with Crippen LogP contribution in [0.4, 0.5) is 0 Å². The second-order valence-electron chi connectivity index (χ2n) is 8.24. The van der Waals surface area contributed by atoms with E-state index in [2.05, 4.69) is 16.3 Å². The van der Waals surface area contributed by atoms with Crippen LogP contribution in [0.25, 0.3) is 11.0 Å². The van der Waals surface area contributed by atoms with E-state index in [1.165, 1.54) is 5.56 Å². The van der Waals surface area contributed by atoms with E-state index in [-0.39, 0.29) is 29.9 Å². The predicted molar refractivity (Wildman–Crippen MR) is 121 cm³/mol. The number of hydrogen-bond donors (Lipinski definition) is 1. The maximum atomic E-state index is 12.9. The van der Waals surface area contributed by atoms with Crippen LogP contribution >= 0.6 is 11.6 Å². The molecule has 0 spiro atoms. The first-order valence-corrected chi connectivity index (χ1v) is 11.0. The number of rotatable bonds is 4. The molecular weight excluding hydrogens is 432 g/mol. The average Bonchev–Trinajstić information content (AvgIpc) is 3.25. The van der Waals surface area contributed by atoms with Crippen molar-refractivity contribution in [1.82, 2.24) is 10.2 Å². The van der Waals surface area contributed by atoms with E-state index in [1.807, 2.05) is 12.1 Å². The van der Waals surface area contributed by atoms with E-state index in [0.29, 0.717) is 21.6 Å². The Morgan fingerprint density at radius 1 is 1.12 bits per heavy atom. The summed E-state index contributed by atoms with van der Waals surface area (Å²) in [5.74, 6) is 1.26. The molecule has 0 bridgehead atoms. The van der Waals surface area contributed by atoms with Gasteiger partial charge in [0.2, 0.25) is 6.79 Å². The van der Waals surface area contributed by atoms with E-state index in [1.54, 1.807) is 25.1 Å². The number of benzene rings is 2. The van der Waals surface area contributed by atoms with Crippen molar-refractivity contribution in [2.75, 3.05) is 19.9 Å². The van der Waals surface area contributed by atoms with Gasteiger partial charge in [-0.25, -0.2) is 0 Å². The molecule has 8 heteroatoms. The lowest BCUT2D eigenvalue weighted by Crippen LogP contribution is -2.44. The van der Waals surface area contributed by atoms with Crippen LogP contribution in [0, 0.1) is 6.92 Å². The Bertz CT molecular complexity index is 1250. The summed E-state index contributed by atoms with van der Waals surface area (Å²) in [6.07, 6.45) is 1.64. The molecule has 7 nitrogen and oxygen atoms in total. The highest BCUT2D eigenvalue weighted by Gasteiger charge is 2.25. The molecule has 3 heterocycles. The zero-order chi connectivity index (χ0) is 22.2. The minimum absolute atomic E-state index is 0.0234. The molecular formula is C24H23ClN2O5. The van der Waals surface area contributed by atoms with Gasteiger partial charge in [0, 0.05) is 42.3 Å². The normalized spacial score (nSPS) is 16.4. The van der Waals surface area contributed by atoms with E-state index >= 15 is 0 Å². The standard InChI is InChI=1S/C24H23ClN2O5/c1-14-22(28)18-4-3-16(25)11-20(18)32-23(14)24(29)26-17-6-8-27(9-7-17)12-15-2-5-19-21(10-15)31-13-30-19/h2-5,10-11,17H,6-9,12-13H2,1H3,(H,26,29). The van der Waals surface area contributed by atoms with Crippen LogP contribution in [-0.4, -0.2) is 36.7 Å². The van der Waals surface area contributed by atoms with Gasteiger partial charge in [-0.1, -0.05) is 17.7 Å². The molecule has 166 valence electrons. The van der Waals surface area contributed by atoms with Gasteiger partial charge in [0.05, 0.1) is 5.39 Å². The Kier molecular flexibility index (Phi) is 5.53. The van der Waals surface area contributed by atoms with Gasteiger partial charge in [-0.05, 0) is 49.6 Å². The van der Waals surface area contributed by atoms with Gasteiger partial charge in [-0.2, -0.15) is 0 Å². The second kappa shape index (κ2) is 8.48. The SMILES string of the molecule is Cc1c(C(=O)NC2CCN(Cc3ccc4c(c3)OCO4)CC2)oc2cc(Cl)ccc2c1=O. The van der Waals surface area contributed by atoms with E-state index < -0.39 is 0 Å². The number of nitrogens with zero attached hydrogens (tertiary/aromatic N) is 1. The monoisotopic (exact) mass is 454 g/mol. The highest BCUT2D eigenvalue weighted by atomic mass is 35.5. The van der Waals surface area contributed by atoms with Gasteiger partial charge < -0.3 is 19.2 Å². The molecule has 0 radical (unpaired) electrons. The molecule has 2 aliphatic heterocycles. The predicted octanol–water partition coefficient (Wildman–Crippen LogP) is 3.88. The minimum Gasteiger partial charge on any atom is -0.454 e. The average molecular weight is 455 g/mol. The van der Waals surface area contributed by atoms with Crippen LogP contribution in [-0.2, 0) is 6.54 Å². The van der Waals surface area contributed by atoms with Gasteiger partial charge in [-0.15, -0.1) is 0 Å². The molecule has 0 saturated carbocycles.